The highest BCUT2D eigenvalue weighted by atomic mass is 16.2. The first-order valence-electron chi connectivity index (χ1n) is 4.56. The highest BCUT2D eigenvalue weighted by Gasteiger charge is 2.01. The number of rotatable bonds is 4. The fourth-order valence-electron chi connectivity index (χ4n) is 1.13. The van der Waals surface area contributed by atoms with Crippen LogP contribution < -0.4 is 5.73 Å². The van der Waals surface area contributed by atoms with Crippen molar-refractivity contribution in [3.8, 4) is 0 Å². The van der Waals surface area contributed by atoms with E-state index in [1.807, 2.05) is 24.6 Å². The molecule has 0 aromatic heterocycles. The van der Waals surface area contributed by atoms with Crippen molar-refractivity contribution in [1.82, 2.24) is 4.90 Å². The number of urea groups is 1. The second kappa shape index (κ2) is 5.27. The highest BCUT2D eigenvalue weighted by molar-refractivity contribution is 5.71. The fourth-order valence-corrected chi connectivity index (χ4v) is 1.13. The summed E-state index contributed by atoms with van der Waals surface area (Å²) in [4.78, 5) is 12.1. The van der Waals surface area contributed by atoms with Crippen LogP contribution in [0, 0.1) is 6.42 Å². The van der Waals surface area contributed by atoms with Crippen molar-refractivity contribution < 1.29 is 4.79 Å². The predicted octanol–water partition coefficient (Wildman–Crippen LogP) is 1.44. The van der Waals surface area contributed by atoms with Crippen LogP contribution in [0.4, 0.5) is 4.79 Å². The SMILES string of the molecule is CN(C[CH]Cc1ccccc1)C(N)=O. The van der Waals surface area contributed by atoms with E-state index in [1.54, 1.807) is 7.05 Å². The van der Waals surface area contributed by atoms with E-state index in [2.05, 4.69) is 12.1 Å². The number of hydrogen-bond acceptors (Lipinski definition) is 1. The van der Waals surface area contributed by atoms with Crippen molar-refractivity contribution >= 4 is 6.03 Å². The molecule has 2 amide bonds. The first-order valence-corrected chi connectivity index (χ1v) is 4.56. The largest absolute Gasteiger partial charge is 0.351 e. The Labute approximate surface area is 84.5 Å². The van der Waals surface area contributed by atoms with Gasteiger partial charge in [-0.15, -0.1) is 0 Å². The molecule has 14 heavy (non-hydrogen) atoms. The molecule has 1 aromatic rings. The topological polar surface area (TPSA) is 46.3 Å². The molecule has 1 aromatic carbocycles. The van der Waals surface area contributed by atoms with E-state index in [0.29, 0.717) is 6.54 Å². The lowest BCUT2D eigenvalue weighted by atomic mass is 10.1. The maximum Gasteiger partial charge on any atom is 0.314 e. The number of carbonyl (C=O) groups excluding carboxylic acids is 1. The lowest BCUT2D eigenvalue weighted by molar-refractivity contribution is 0.221. The van der Waals surface area contributed by atoms with Crippen LogP contribution in [0.3, 0.4) is 0 Å². The highest BCUT2D eigenvalue weighted by Crippen LogP contribution is 2.01. The molecule has 75 valence electrons. The van der Waals surface area contributed by atoms with Gasteiger partial charge in [0.25, 0.3) is 0 Å². The minimum Gasteiger partial charge on any atom is -0.351 e. The Morgan fingerprint density at radius 1 is 1.43 bits per heavy atom. The van der Waals surface area contributed by atoms with Gasteiger partial charge in [0.15, 0.2) is 0 Å². The minimum absolute atomic E-state index is 0.394. The van der Waals surface area contributed by atoms with Gasteiger partial charge in [-0.1, -0.05) is 30.3 Å². The number of nitrogens with zero attached hydrogens (tertiary/aromatic N) is 1. The first-order chi connectivity index (χ1) is 6.70. The van der Waals surface area contributed by atoms with E-state index >= 15 is 0 Å². The Bertz CT molecular complexity index is 285. The quantitative estimate of drug-likeness (QED) is 0.769. The van der Waals surface area contributed by atoms with Crippen LogP contribution >= 0.6 is 0 Å². The van der Waals surface area contributed by atoms with Gasteiger partial charge >= 0.3 is 6.03 Å². The molecular weight excluding hydrogens is 176 g/mol. The molecule has 0 spiro atoms. The maximum atomic E-state index is 10.7. The molecule has 0 bridgehead atoms. The summed E-state index contributed by atoms with van der Waals surface area (Å²) in [5, 5.41) is 0. The summed E-state index contributed by atoms with van der Waals surface area (Å²) < 4.78 is 0. The molecule has 2 N–H and O–H groups in total. The number of benzene rings is 1. The normalized spacial score (nSPS) is 9.79. The lowest BCUT2D eigenvalue weighted by Crippen LogP contribution is -2.33. The van der Waals surface area contributed by atoms with Crippen LogP contribution in [0.25, 0.3) is 0 Å². The summed E-state index contributed by atoms with van der Waals surface area (Å²) in [7, 11) is 1.68. The maximum absolute atomic E-state index is 10.7. The standard InChI is InChI=1S/C11H15N2O/c1-13(11(12)14)9-5-8-10-6-3-2-4-7-10/h2-7H,8-9H2,1H3,(H2,12,14). The molecule has 3 nitrogen and oxygen atoms in total. The van der Waals surface area contributed by atoms with Crippen molar-refractivity contribution in [2.75, 3.05) is 13.6 Å². The Morgan fingerprint density at radius 3 is 2.64 bits per heavy atom. The number of amides is 2. The lowest BCUT2D eigenvalue weighted by Gasteiger charge is -2.13. The summed E-state index contributed by atoms with van der Waals surface area (Å²) in [5.41, 5.74) is 6.32. The molecule has 0 saturated heterocycles. The van der Waals surface area contributed by atoms with Gasteiger partial charge < -0.3 is 10.6 Å². The zero-order valence-corrected chi connectivity index (χ0v) is 8.31. The predicted molar refractivity (Wildman–Crippen MR) is 56.7 cm³/mol. The average Bonchev–Trinajstić information content (AvgIpc) is 2.19. The Kier molecular flexibility index (Phi) is 3.98. The summed E-state index contributed by atoms with van der Waals surface area (Å²) in [6.07, 6.45) is 2.89. The van der Waals surface area contributed by atoms with Crippen LogP contribution in [-0.2, 0) is 6.42 Å². The van der Waals surface area contributed by atoms with E-state index in [1.165, 1.54) is 10.5 Å². The summed E-state index contributed by atoms with van der Waals surface area (Å²) >= 11 is 0. The van der Waals surface area contributed by atoms with Gasteiger partial charge in [-0.05, 0) is 18.4 Å². The Morgan fingerprint density at radius 2 is 2.07 bits per heavy atom. The minimum atomic E-state index is -0.394. The average molecular weight is 191 g/mol. The van der Waals surface area contributed by atoms with Gasteiger partial charge in [0, 0.05) is 13.6 Å². The van der Waals surface area contributed by atoms with Crippen LogP contribution in [-0.4, -0.2) is 24.5 Å². The summed E-state index contributed by atoms with van der Waals surface area (Å²) in [5.74, 6) is 0. The molecule has 0 aliphatic rings. The third-order valence-corrected chi connectivity index (χ3v) is 2.00. The molecule has 1 rings (SSSR count). The third-order valence-electron chi connectivity index (χ3n) is 2.00. The second-order valence-electron chi connectivity index (χ2n) is 3.20. The van der Waals surface area contributed by atoms with E-state index < -0.39 is 6.03 Å². The van der Waals surface area contributed by atoms with Crippen molar-refractivity contribution in [2.24, 2.45) is 5.73 Å². The zero-order valence-electron chi connectivity index (χ0n) is 8.31. The molecule has 3 heteroatoms. The van der Waals surface area contributed by atoms with Gasteiger partial charge in [-0.3, -0.25) is 0 Å². The van der Waals surface area contributed by atoms with Gasteiger partial charge in [-0.25, -0.2) is 4.79 Å². The molecule has 0 aliphatic heterocycles. The van der Waals surface area contributed by atoms with Crippen LogP contribution in [0.5, 0.6) is 0 Å². The van der Waals surface area contributed by atoms with E-state index in [0.717, 1.165) is 6.42 Å². The van der Waals surface area contributed by atoms with Gasteiger partial charge in [0.05, 0.1) is 0 Å². The third kappa shape index (κ3) is 3.47. The molecule has 0 aliphatic carbocycles. The summed E-state index contributed by atoms with van der Waals surface area (Å²) in [6, 6.07) is 9.71. The van der Waals surface area contributed by atoms with Crippen LogP contribution in [0.2, 0.25) is 0 Å². The number of primary amides is 1. The first kappa shape index (κ1) is 10.6. The van der Waals surface area contributed by atoms with E-state index in [-0.39, 0.29) is 0 Å². The van der Waals surface area contributed by atoms with E-state index in [9.17, 15) is 4.79 Å². The smallest absolute Gasteiger partial charge is 0.314 e. The van der Waals surface area contributed by atoms with Crippen molar-refractivity contribution in [3.05, 3.63) is 42.3 Å². The molecule has 0 saturated carbocycles. The van der Waals surface area contributed by atoms with Gasteiger partial charge in [-0.2, -0.15) is 0 Å². The number of nitrogens with two attached hydrogens (primary N) is 1. The number of hydrogen-bond donors (Lipinski definition) is 1. The van der Waals surface area contributed by atoms with Gasteiger partial charge in [0.1, 0.15) is 0 Å². The molecule has 0 unspecified atom stereocenters. The molecule has 0 fully saturated rings. The van der Waals surface area contributed by atoms with Crippen LogP contribution in [0.15, 0.2) is 30.3 Å². The Hall–Kier alpha value is -1.51. The van der Waals surface area contributed by atoms with Crippen molar-refractivity contribution in [1.29, 1.82) is 0 Å². The van der Waals surface area contributed by atoms with Crippen molar-refractivity contribution in [3.63, 3.8) is 0 Å². The zero-order chi connectivity index (χ0) is 10.4. The second-order valence-corrected chi connectivity index (χ2v) is 3.20. The monoisotopic (exact) mass is 191 g/mol. The molecule has 0 atom stereocenters. The van der Waals surface area contributed by atoms with Gasteiger partial charge in [0.2, 0.25) is 0 Å². The molecule has 1 radical (unpaired) electrons. The summed E-state index contributed by atoms with van der Waals surface area (Å²) in [6.45, 7) is 0.588. The van der Waals surface area contributed by atoms with Crippen LogP contribution in [0.1, 0.15) is 5.56 Å². The fraction of sp³-hybridized carbons (Fsp3) is 0.273. The van der Waals surface area contributed by atoms with Crippen molar-refractivity contribution in [2.45, 2.75) is 6.42 Å². The molecule has 0 heterocycles. The number of carbonyl (C=O) groups is 1. The molecular formula is C11H15N2O. The Balaban J connectivity index is 2.26. The van der Waals surface area contributed by atoms with E-state index in [4.69, 9.17) is 5.73 Å².